The minimum atomic E-state index is 0.0409. The molecule has 5 rings (SSSR count). The monoisotopic (exact) mass is 323 g/mol. The summed E-state index contributed by atoms with van der Waals surface area (Å²) in [6.07, 6.45) is 9.63. The maximum absolute atomic E-state index is 12.2. The van der Waals surface area contributed by atoms with Gasteiger partial charge in [-0.2, -0.15) is 5.10 Å². The van der Waals surface area contributed by atoms with Crippen LogP contribution in [0.2, 0.25) is 0 Å². The number of anilines is 1. The van der Waals surface area contributed by atoms with Gasteiger partial charge in [0.05, 0.1) is 12.2 Å². The summed E-state index contributed by atoms with van der Waals surface area (Å²) >= 11 is 0. The molecule has 0 aromatic carbocycles. The van der Waals surface area contributed by atoms with E-state index in [1.807, 2.05) is 12.4 Å². The van der Waals surface area contributed by atoms with Crippen molar-refractivity contribution in [3.05, 3.63) is 45.6 Å². The van der Waals surface area contributed by atoms with Gasteiger partial charge in [-0.15, -0.1) is 0 Å². The molecule has 0 radical (unpaired) electrons. The van der Waals surface area contributed by atoms with Crippen molar-refractivity contribution in [3.8, 4) is 0 Å². The fourth-order valence-corrected chi connectivity index (χ4v) is 3.79. The molecule has 24 heavy (non-hydrogen) atoms. The normalized spacial score (nSPS) is 20.1. The van der Waals surface area contributed by atoms with E-state index in [1.165, 1.54) is 18.4 Å². The van der Waals surface area contributed by atoms with E-state index in [0.29, 0.717) is 18.4 Å². The Morgan fingerprint density at radius 2 is 1.92 bits per heavy atom. The molecule has 2 aromatic heterocycles. The molecule has 6 nitrogen and oxygen atoms in total. The first kappa shape index (κ1) is 14.1. The summed E-state index contributed by atoms with van der Waals surface area (Å²) in [7, 11) is 0. The summed E-state index contributed by atoms with van der Waals surface area (Å²) in [5.41, 5.74) is 3.57. The van der Waals surface area contributed by atoms with Crippen molar-refractivity contribution in [1.29, 1.82) is 0 Å². The number of hydrogen-bond acceptors (Lipinski definition) is 5. The second-order valence-corrected chi connectivity index (χ2v) is 7.35. The quantitative estimate of drug-likeness (QED) is 0.854. The number of rotatable bonds is 4. The SMILES string of the molecule is O=c1cc2c(nn1CC1CN(c3ncc(C4CC4)cn3)C1)CCC2. The van der Waals surface area contributed by atoms with Gasteiger partial charge in [-0.05, 0) is 49.1 Å². The minimum absolute atomic E-state index is 0.0409. The molecule has 0 N–H and O–H groups in total. The molecule has 1 aliphatic heterocycles. The highest BCUT2D eigenvalue weighted by molar-refractivity contribution is 5.35. The van der Waals surface area contributed by atoms with Crippen molar-refractivity contribution in [3.63, 3.8) is 0 Å². The molecular weight excluding hydrogens is 302 g/mol. The lowest BCUT2D eigenvalue weighted by atomic mass is 10.0. The summed E-state index contributed by atoms with van der Waals surface area (Å²) in [4.78, 5) is 23.4. The van der Waals surface area contributed by atoms with E-state index in [2.05, 4.69) is 20.0 Å². The lowest BCUT2D eigenvalue weighted by Gasteiger charge is -2.39. The van der Waals surface area contributed by atoms with E-state index in [0.717, 1.165) is 49.6 Å². The standard InChI is InChI=1S/C18H21N5O/c24-17-6-14-2-1-3-16(14)21-23(17)11-12-9-22(10-12)18-19-7-15(8-20-18)13-4-5-13/h6-8,12-13H,1-5,9-11H2. The molecule has 3 heterocycles. The summed E-state index contributed by atoms with van der Waals surface area (Å²) in [5, 5.41) is 4.56. The van der Waals surface area contributed by atoms with E-state index >= 15 is 0 Å². The van der Waals surface area contributed by atoms with Gasteiger partial charge < -0.3 is 4.90 Å². The summed E-state index contributed by atoms with van der Waals surface area (Å²) < 4.78 is 1.66. The van der Waals surface area contributed by atoms with E-state index in [4.69, 9.17) is 0 Å². The second kappa shape index (κ2) is 5.40. The first-order chi connectivity index (χ1) is 11.8. The maximum atomic E-state index is 12.2. The van der Waals surface area contributed by atoms with Crippen LogP contribution >= 0.6 is 0 Å². The number of aryl methyl sites for hydroxylation is 2. The van der Waals surface area contributed by atoms with Crippen molar-refractivity contribution in [2.75, 3.05) is 18.0 Å². The Bertz CT molecular complexity index is 818. The predicted octanol–water partition coefficient (Wildman–Crippen LogP) is 1.54. The highest BCUT2D eigenvalue weighted by atomic mass is 16.1. The van der Waals surface area contributed by atoms with Crippen LogP contribution in [0.15, 0.2) is 23.3 Å². The van der Waals surface area contributed by atoms with Crippen LogP contribution in [0.3, 0.4) is 0 Å². The van der Waals surface area contributed by atoms with Gasteiger partial charge in [0.25, 0.3) is 5.56 Å². The maximum Gasteiger partial charge on any atom is 0.267 e. The number of hydrogen-bond donors (Lipinski definition) is 0. The zero-order valence-electron chi connectivity index (χ0n) is 13.7. The third-order valence-corrected chi connectivity index (χ3v) is 5.40. The van der Waals surface area contributed by atoms with Gasteiger partial charge in [-0.1, -0.05) is 0 Å². The number of aromatic nitrogens is 4. The Hall–Kier alpha value is -2.24. The molecule has 2 fully saturated rings. The van der Waals surface area contributed by atoms with Crippen LogP contribution in [-0.2, 0) is 19.4 Å². The molecule has 0 spiro atoms. The van der Waals surface area contributed by atoms with Gasteiger partial charge in [0.15, 0.2) is 0 Å². The minimum Gasteiger partial charge on any atom is -0.340 e. The molecule has 0 bridgehead atoms. The third kappa shape index (κ3) is 2.50. The Morgan fingerprint density at radius 3 is 2.67 bits per heavy atom. The van der Waals surface area contributed by atoms with Gasteiger partial charge >= 0.3 is 0 Å². The van der Waals surface area contributed by atoms with Crippen molar-refractivity contribution >= 4 is 5.95 Å². The molecule has 0 amide bonds. The summed E-state index contributed by atoms with van der Waals surface area (Å²) in [5.74, 6) is 1.95. The van der Waals surface area contributed by atoms with Gasteiger partial charge in [0, 0.05) is 37.5 Å². The number of fused-ring (bicyclic) bond motifs is 1. The van der Waals surface area contributed by atoms with Crippen molar-refractivity contribution in [2.24, 2.45) is 5.92 Å². The fraction of sp³-hybridized carbons (Fsp3) is 0.556. The largest absolute Gasteiger partial charge is 0.340 e. The first-order valence-electron chi connectivity index (χ1n) is 8.93. The molecule has 1 saturated heterocycles. The van der Waals surface area contributed by atoms with E-state index in [9.17, 15) is 4.79 Å². The molecule has 3 aliphatic rings. The second-order valence-electron chi connectivity index (χ2n) is 7.35. The lowest BCUT2D eigenvalue weighted by Crippen LogP contribution is -2.50. The van der Waals surface area contributed by atoms with Crippen LogP contribution < -0.4 is 10.5 Å². The highest BCUT2D eigenvalue weighted by Crippen LogP contribution is 2.39. The lowest BCUT2D eigenvalue weighted by molar-refractivity contribution is 0.329. The van der Waals surface area contributed by atoms with E-state index in [-0.39, 0.29) is 5.56 Å². The van der Waals surface area contributed by atoms with Gasteiger partial charge in [0.2, 0.25) is 5.95 Å². The Balaban J connectivity index is 1.23. The van der Waals surface area contributed by atoms with Crippen LogP contribution in [-0.4, -0.2) is 32.8 Å². The number of nitrogens with zero attached hydrogens (tertiary/aromatic N) is 5. The van der Waals surface area contributed by atoms with Crippen LogP contribution in [0.5, 0.6) is 0 Å². The molecular formula is C18H21N5O. The Morgan fingerprint density at radius 1 is 1.12 bits per heavy atom. The molecule has 1 saturated carbocycles. The van der Waals surface area contributed by atoms with Crippen LogP contribution in [0.4, 0.5) is 5.95 Å². The first-order valence-corrected chi connectivity index (χ1v) is 8.93. The van der Waals surface area contributed by atoms with Crippen molar-refractivity contribution in [2.45, 2.75) is 44.6 Å². The van der Waals surface area contributed by atoms with Crippen LogP contribution in [0.1, 0.15) is 42.0 Å². The molecule has 2 aromatic rings. The van der Waals surface area contributed by atoms with Crippen molar-refractivity contribution in [1.82, 2.24) is 19.7 Å². The topological polar surface area (TPSA) is 63.9 Å². The van der Waals surface area contributed by atoms with Crippen molar-refractivity contribution < 1.29 is 0 Å². The van der Waals surface area contributed by atoms with Crippen LogP contribution in [0.25, 0.3) is 0 Å². The van der Waals surface area contributed by atoms with Gasteiger partial charge in [0.1, 0.15) is 0 Å². The molecule has 2 aliphatic carbocycles. The molecule has 124 valence electrons. The smallest absolute Gasteiger partial charge is 0.267 e. The Kier molecular flexibility index (Phi) is 3.18. The highest BCUT2D eigenvalue weighted by Gasteiger charge is 2.30. The van der Waals surface area contributed by atoms with Crippen LogP contribution in [0, 0.1) is 5.92 Å². The van der Waals surface area contributed by atoms with Gasteiger partial charge in [-0.25, -0.2) is 14.6 Å². The zero-order valence-corrected chi connectivity index (χ0v) is 13.7. The average Bonchev–Trinajstić information content (AvgIpc) is 3.31. The third-order valence-electron chi connectivity index (χ3n) is 5.40. The van der Waals surface area contributed by atoms with Gasteiger partial charge in [-0.3, -0.25) is 4.79 Å². The van der Waals surface area contributed by atoms with E-state index < -0.39 is 0 Å². The molecule has 6 heteroatoms. The zero-order chi connectivity index (χ0) is 16.1. The average molecular weight is 323 g/mol. The predicted molar refractivity (Wildman–Crippen MR) is 90.2 cm³/mol. The molecule has 0 atom stereocenters. The Labute approximate surface area is 140 Å². The fourth-order valence-electron chi connectivity index (χ4n) is 3.79. The summed E-state index contributed by atoms with van der Waals surface area (Å²) in [6.45, 7) is 2.49. The summed E-state index contributed by atoms with van der Waals surface area (Å²) in [6, 6.07) is 1.78. The molecule has 0 unspecified atom stereocenters. The van der Waals surface area contributed by atoms with E-state index in [1.54, 1.807) is 10.7 Å².